The molecular formula is C21H19NO3. The molecule has 0 heterocycles. The number of carbonyl (C=O) groups excluding carboxylic acids is 1. The number of hydrogen-bond acceptors (Lipinski definition) is 3. The molecule has 0 aromatic heterocycles. The van der Waals surface area contributed by atoms with Gasteiger partial charge in [0.1, 0.15) is 19.0 Å². The molecule has 3 aromatic carbocycles. The maximum atomic E-state index is 11.8. The van der Waals surface area contributed by atoms with Crippen LogP contribution in [-0.4, -0.2) is 6.09 Å². The van der Waals surface area contributed by atoms with E-state index in [-0.39, 0.29) is 6.61 Å². The van der Waals surface area contributed by atoms with Crippen LogP contribution < -0.4 is 10.1 Å². The Kier molecular flexibility index (Phi) is 5.67. The third-order valence-corrected chi connectivity index (χ3v) is 3.56. The van der Waals surface area contributed by atoms with Crippen molar-refractivity contribution in [3.05, 3.63) is 96.1 Å². The molecule has 0 atom stereocenters. The van der Waals surface area contributed by atoms with E-state index in [1.165, 1.54) is 0 Å². The zero-order valence-electron chi connectivity index (χ0n) is 13.7. The van der Waals surface area contributed by atoms with Gasteiger partial charge in [0.2, 0.25) is 0 Å². The lowest BCUT2D eigenvalue weighted by molar-refractivity contribution is 0.155. The second kappa shape index (κ2) is 8.55. The molecule has 0 aliphatic heterocycles. The first-order valence-electron chi connectivity index (χ1n) is 8.04. The number of ether oxygens (including phenoxy) is 2. The Morgan fingerprint density at radius 1 is 0.720 bits per heavy atom. The molecule has 3 rings (SSSR count). The van der Waals surface area contributed by atoms with Gasteiger partial charge < -0.3 is 9.47 Å². The average molecular weight is 333 g/mol. The maximum absolute atomic E-state index is 11.8. The Morgan fingerprint density at radius 3 is 1.88 bits per heavy atom. The fraction of sp³-hybridized carbons (Fsp3) is 0.0952. The Bertz CT molecular complexity index is 786. The molecule has 0 aliphatic rings. The van der Waals surface area contributed by atoms with Gasteiger partial charge in [0.15, 0.2) is 0 Å². The first-order valence-corrected chi connectivity index (χ1v) is 8.04. The van der Waals surface area contributed by atoms with Crippen molar-refractivity contribution in [3.8, 4) is 5.75 Å². The summed E-state index contributed by atoms with van der Waals surface area (Å²) in [5.74, 6) is 0.743. The summed E-state index contributed by atoms with van der Waals surface area (Å²) in [5.41, 5.74) is 2.71. The van der Waals surface area contributed by atoms with Gasteiger partial charge in [-0.25, -0.2) is 4.79 Å². The number of benzene rings is 3. The minimum Gasteiger partial charge on any atom is -0.489 e. The Hall–Kier alpha value is -3.27. The van der Waals surface area contributed by atoms with E-state index in [2.05, 4.69) is 5.32 Å². The van der Waals surface area contributed by atoms with Gasteiger partial charge in [-0.2, -0.15) is 0 Å². The average Bonchev–Trinajstić information content (AvgIpc) is 2.67. The van der Waals surface area contributed by atoms with E-state index in [9.17, 15) is 4.79 Å². The van der Waals surface area contributed by atoms with Crippen LogP contribution in [0.15, 0.2) is 84.9 Å². The third-order valence-electron chi connectivity index (χ3n) is 3.56. The molecule has 4 heteroatoms. The highest BCUT2D eigenvalue weighted by atomic mass is 16.5. The minimum absolute atomic E-state index is 0.241. The van der Waals surface area contributed by atoms with Crippen LogP contribution in [0.25, 0.3) is 0 Å². The fourth-order valence-corrected chi connectivity index (χ4v) is 2.25. The minimum atomic E-state index is -0.484. The number of rotatable bonds is 6. The van der Waals surface area contributed by atoms with E-state index in [0.717, 1.165) is 16.9 Å². The number of hydrogen-bond donors (Lipinski definition) is 1. The predicted octanol–water partition coefficient (Wildman–Crippen LogP) is 5.01. The van der Waals surface area contributed by atoms with Crippen LogP contribution in [0.1, 0.15) is 11.1 Å². The van der Waals surface area contributed by atoms with Crippen LogP contribution in [0, 0.1) is 0 Å². The molecular weight excluding hydrogens is 314 g/mol. The largest absolute Gasteiger partial charge is 0.489 e. The van der Waals surface area contributed by atoms with Crippen molar-refractivity contribution < 1.29 is 14.3 Å². The monoisotopic (exact) mass is 333 g/mol. The summed E-state index contributed by atoms with van der Waals surface area (Å²) in [7, 11) is 0. The standard InChI is InChI=1S/C21H19NO3/c23-21(25-16-18-9-5-2-6-10-18)22-19-11-13-20(14-12-19)24-15-17-7-3-1-4-8-17/h1-14H,15-16H2,(H,22,23). The molecule has 0 fully saturated rings. The van der Waals surface area contributed by atoms with E-state index < -0.39 is 6.09 Å². The van der Waals surface area contributed by atoms with Gasteiger partial charge in [-0.1, -0.05) is 60.7 Å². The normalized spacial score (nSPS) is 10.1. The molecule has 0 unspecified atom stereocenters. The van der Waals surface area contributed by atoms with Crippen molar-refractivity contribution in [2.45, 2.75) is 13.2 Å². The molecule has 0 aliphatic carbocycles. The van der Waals surface area contributed by atoms with Crippen LogP contribution in [0.2, 0.25) is 0 Å². The SMILES string of the molecule is O=C(Nc1ccc(OCc2ccccc2)cc1)OCc1ccccc1. The summed E-state index contributed by atoms with van der Waals surface area (Å²) in [6.07, 6.45) is -0.484. The highest BCUT2D eigenvalue weighted by Gasteiger charge is 2.04. The molecule has 3 aromatic rings. The van der Waals surface area contributed by atoms with Crippen molar-refractivity contribution >= 4 is 11.8 Å². The van der Waals surface area contributed by atoms with Crippen molar-refractivity contribution in [2.24, 2.45) is 0 Å². The summed E-state index contributed by atoms with van der Waals surface area (Å²) < 4.78 is 10.9. The molecule has 0 spiro atoms. The van der Waals surface area contributed by atoms with E-state index in [0.29, 0.717) is 12.3 Å². The topological polar surface area (TPSA) is 47.6 Å². The van der Waals surface area contributed by atoms with Crippen molar-refractivity contribution in [3.63, 3.8) is 0 Å². The van der Waals surface area contributed by atoms with E-state index in [1.54, 1.807) is 12.1 Å². The summed E-state index contributed by atoms with van der Waals surface area (Å²) in [5, 5.41) is 2.70. The molecule has 126 valence electrons. The molecule has 25 heavy (non-hydrogen) atoms. The van der Waals surface area contributed by atoms with Gasteiger partial charge >= 0.3 is 6.09 Å². The first kappa shape index (κ1) is 16.6. The Labute approximate surface area is 147 Å². The molecule has 4 nitrogen and oxygen atoms in total. The number of anilines is 1. The van der Waals surface area contributed by atoms with Crippen LogP contribution in [0.5, 0.6) is 5.75 Å². The van der Waals surface area contributed by atoms with Crippen molar-refractivity contribution in [1.29, 1.82) is 0 Å². The summed E-state index contributed by atoms with van der Waals surface area (Å²) in [6, 6.07) is 26.7. The van der Waals surface area contributed by atoms with Gasteiger partial charge in [0.05, 0.1) is 0 Å². The lowest BCUT2D eigenvalue weighted by Gasteiger charge is -2.09. The molecule has 1 N–H and O–H groups in total. The number of carbonyl (C=O) groups is 1. The maximum Gasteiger partial charge on any atom is 0.411 e. The van der Waals surface area contributed by atoms with E-state index in [4.69, 9.17) is 9.47 Å². The smallest absolute Gasteiger partial charge is 0.411 e. The van der Waals surface area contributed by atoms with Gasteiger partial charge in [0.25, 0.3) is 0 Å². The third kappa shape index (κ3) is 5.39. The highest BCUT2D eigenvalue weighted by molar-refractivity contribution is 5.84. The van der Waals surface area contributed by atoms with Gasteiger partial charge in [-0.15, -0.1) is 0 Å². The molecule has 0 radical (unpaired) electrons. The summed E-state index contributed by atoms with van der Waals surface area (Å²) >= 11 is 0. The molecule has 0 bridgehead atoms. The van der Waals surface area contributed by atoms with Crippen LogP contribution in [0.3, 0.4) is 0 Å². The molecule has 0 saturated carbocycles. The lowest BCUT2D eigenvalue weighted by Crippen LogP contribution is -2.13. The second-order valence-corrected chi connectivity index (χ2v) is 5.49. The number of nitrogens with one attached hydrogen (secondary N) is 1. The van der Waals surface area contributed by atoms with E-state index >= 15 is 0 Å². The number of amides is 1. The fourth-order valence-electron chi connectivity index (χ4n) is 2.25. The van der Waals surface area contributed by atoms with Gasteiger partial charge in [0, 0.05) is 5.69 Å². The van der Waals surface area contributed by atoms with Crippen LogP contribution >= 0.6 is 0 Å². The molecule has 1 amide bonds. The van der Waals surface area contributed by atoms with Crippen LogP contribution in [-0.2, 0) is 18.0 Å². The van der Waals surface area contributed by atoms with E-state index in [1.807, 2.05) is 72.8 Å². The first-order chi connectivity index (χ1) is 12.3. The second-order valence-electron chi connectivity index (χ2n) is 5.49. The zero-order chi connectivity index (χ0) is 17.3. The summed E-state index contributed by atoms with van der Waals surface area (Å²) in [6.45, 7) is 0.748. The molecule has 0 saturated heterocycles. The lowest BCUT2D eigenvalue weighted by atomic mass is 10.2. The Morgan fingerprint density at radius 2 is 1.28 bits per heavy atom. The van der Waals surface area contributed by atoms with Gasteiger partial charge in [-0.3, -0.25) is 5.32 Å². The predicted molar refractivity (Wildman–Crippen MR) is 97.5 cm³/mol. The van der Waals surface area contributed by atoms with Crippen molar-refractivity contribution in [2.75, 3.05) is 5.32 Å². The summed E-state index contributed by atoms with van der Waals surface area (Å²) in [4.78, 5) is 11.8. The Balaban J connectivity index is 1.46. The quantitative estimate of drug-likeness (QED) is 0.689. The highest BCUT2D eigenvalue weighted by Crippen LogP contribution is 2.17. The zero-order valence-corrected chi connectivity index (χ0v) is 13.7. The van der Waals surface area contributed by atoms with Gasteiger partial charge in [-0.05, 0) is 35.4 Å². The van der Waals surface area contributed by atoms with Crippen molar-refractivity contribution in [1.82, 2.24) is 0 Å². The van der Waals surface area contributed by atoms with Crippen LogP contribution in [0.4, 0.5) is 10.5 Å².